The fourth-order valence-electron chi connectivity index (χ4n) is 1.95. The topological polar surface area (TPSA) is 73.7 Å². The van der Waals surface area contributed by atoms with E-state index >= 15 is 0 Å². The van der Waals surface area contributed by atoms with Crippen LogP contribution in [0.4, 0.5) is 5.82 Å². The summed E-state index contributed by atoms with van der Waals surface area (Å²) in [4.78, 5) is 17.0. The average Bonchev–Trinajstić information content (AvgIpc) is 2.81. The van der Waals surface area contributed by atoms with Crippen LogP contribution in [-0.2, 0) is 4.79 Å². The minimum absolute atomic E-state index is 0.372. The summed E-state index contributed by atoms with van der Waals surface area (Å²) >= 11 is 0. The van der Waals surface area contributed by atoms with Gasteiger partial charge in [0.1, 0.15) is 5.82 Å². The third kappa shape index (κ3) is 1.99. The van der Waals surface area contributed by atoms with Crippen LogP contribution in [0.3, 0.4) is 0 Å². The number of hydrogen-bond donors (Lipinski definition) is 2. The van der Waals surface area contributed by atoms with Crippen LogP contribution >= 0.6 is 0 Å². The zero-order valence-corrected chi connectivity index (χ0v) is 8.83. The molecule has 1 aromatic heterocycles. The van der Waals surface area contributed by atoms with Gasteiger partial charge in [-0.1, -0.05) is 6.07 Å². The minimum Gasteiger partial charge on any atom is -0.479 e. The third-order valence-electron chi connectivity index (χ3n) is 2.75. The Morgan fingerprint density at radius 2 is 2.12 bits per heavy atom. The van der Waals surface area contributed by atoms with Crippen LogP contribution in [0.1, 0.15) is 24.5 Å². The molecule has 1 fully saturated rings. The molecular formula is C11H14N2O3. The molecule has 0 aromatic carbocycles. The molecule has 1 saturated heterocycles. The van der Waals surface area contributed by atoms with E-state index in [1.807, 2.05) is 4.90 Å². The number of pyridine rings is 1. The first-order chi connectivity index (χ1) is 7.70. The number of nitrogens with zero attached hydrogens (tertiary/aromatic N) is 2. The minimum atomic E-state index is -1.50. The Morgan fingerprint density at radius 1 is 1.44 bits per heavy atom. The van der Waals surface area contributed by atoms with E-state index in [0.29, 0.717) is 11.4 Å². The Labute approximate surface area is 93.3 Å². The van der Waals surface area contributed by atoms with Crippen molar-refractivity contribution in [3.05, 3.63) is 23.9 Å². The van der Waals surface area contributed by atoms with Crippen molar-refractivity contribution in [1.29, 1.82) is 0 Å². The maximum absolute atomic E-state index is 10.8. The van der Waals surface area contributed by atoms with Gasteiger partial charge in [0.25, 0.3) is 0 Å². The molecule has 2 rings (SSSR count). The fraction of sp³-hybridized carbons (Fsp3) is 0.455. The van der Waals surface area contributed by atoms with Crippen LogP contribution < -0.4 is 4.90 Å². The van der Waals surface area contributed by atoms with Crippen molar-refractivity contribution in [3.8, 4) is 0 Å². The number of aliphatic carboxylic acids is 1. The number of rotatable bonds is 3. The highest BCUT2D eigenvalue weighted by Gasteiger charge is 2.24. The lowest BCUT2D eigenvalue weighted by molar-refractivity contribution is -0.146. The van der Waals surface area contributed by atoms with Crippen LogP contribution in [0.25, 0.3) is 0 Å². The van der Waals surface area contributed by atoms with E-state index in [2.05, 4.69) is 4.98 Å². The van der Waals surface area contributed by atoms with Gasteiger partial charge in [0.15, 0.2) is 6.10 Å². The monoisotopic (exact) mass is 222 g/mol. The van der Waals surface area contributed by atoms with Crippen molar-refractivity contribution in [2.45, 2.75) is 18.9 Å². The molecule has 86 valence electrons. The molecule has 1 aromatic rings. The Morgan fingerprint density at radius 3 is 2.75 bits per heavy atom. The highest BCUT2D eigenvalue weighted by Crippen LogP contribution is 2.26. The first kappa shape index (κ1) is 10.9. The standard InChI is InChI=1S/C11H14N2O3/c14-9(11(15)16)8-4-3-5-12-10(8)13-6-1-2-7-13/h3-5,9,14H,1-2,6-7H2,(H,15,16). The largest absolute Gasteiger partial charge is 0.479 e. The van der Waals surface area contributed by atoms with Crippen molar-refractivity contribution in [3.63, 3.8) is 0 Å². The number of aliphatic hydroxyl groups excluding tert-OH is 1. The van der Waals surface area contributed by atoms with Crippen LogP contribution in [0.5, 0.6) is 0 Å². The van der Waals surface area contributed by atoms with Gasteiger partial charge in [-0.05, 0) is 18.9 Å². The lowest BCUT2D eigenvalue weighted by Crippen LogP contribution is -2.23. The quantitative estimate of drug-likeness (QED) is 0.791. The number of carbonyl (C=O) groups is 1. The van der Waals surface area contributed by atoms with Gasteiger partial charge in [0, 0.05) is 24.8 Å². The molecule has 0 spiro atoms. The molecule has 1 aliphatic rings. The number of anilines is 1. The SMILES string of the molecule is O=C(O)C(O)c1cccnc1N1CCCC1. The molecule has 16 heavy (non-hydrogen) atoms. The summed E-state index contributed by atoms with van der Waals surface area (Å²) in [6.07, 6.45) is 2.29. The molecular weight excluding hydrogens is 208 g/mol. The number of carboxylic acid groups (broad SMARTS) is 1. The second-order valence-electron chi connectivity index (χ2n) is 3.85. The molecule has 1 atom stereocenters. The smallest absolute Gasteiger partial charge is 0.337 e. The number of aliphatic hydroxyl groups is 1. The van der Waals surface area contributed by atoms with E-state index in [1.165, 1.54) is 0 Å². The summed E-state index contributed by atoms with van der Waals surface area (Å²) in [7, 11) is 0. The van der Waals surface area contributed by atoms with Crippen LogP contribution in [0.15, 0.2) is 18.3 Å². The van der Waals surface area contributed by atoms with Crippen LogP contribution in [0, 0.1) is 0 Å². The van der Waals surface area contributed by atoms with Crippen molar-refractivity contribution in [1.82, 2.24) is 4.98 Å². The first-order valence-electron chi connectivity index (χ1n) is 5.31. The number of carboxylic acids is 1. The molecule has 1 unspecified atom stereocenters. The highest BCUT2D eigenvalue weighted by atomic mass is 16.4. The summed E-state index contributed by atoms with van der Waals surface area (Å²) in [6, 6.07) is 3.25. The third-order valence-corrected chi connectivity index (χ3v) is 2.75. The van der Waals surface area contributed by atoms with Crippen LogP contribution in [0.2, 0.25) is 0 Å². The normalized spacial score (nSPS) is 17.4. The summed E-state index contributed by atoms with van der Waals surface area (Å²) in [5, 5.41) is 18.4. The zero-order chi connectivity index (χ0) is 11.5. The lowest BCUT2D eigenvalue weighted by Gasteiger charge is -2.20. The van der Waals surface area contributed by atoms with Crippen LogP contribution in [-0.4, -0.2) is 34.3 Å². The Bertz CT molecular complexity index is 389. The summed E-state index contributed by atoms with van der Waals surface area (Å²) in [5.41, 5.74) is 0.372. The highest BCUT2D eigenvalue weighted by molar-refractivity contribution is 5.76. The van der Waals surface area contributed by atoms with Crippen molar-refractivity contribution in [2.24, 2.45) is 0 Å². The second kappa shape index (κ2) is 4.49. The van der Waals surface area contributed by atoms with Gasteiger partial charge in [-0.2, -0.15) is 0 Å². The van der Waals surface area contributed by atoms with E-state index in [-0.39, 0.29) is 0 Å². The second-order valence-corrected chi connectivity index (χ2v) is 3.85. The van der Waals surface area contributed by atoms with Gasteiger partial charge in [-0.25, -0.2) is 9.78 Å². The van der Waals surface area contributed by atoms with E-state index in [9.17, 15) is 9.90 Å². The molecule has 0 amide bonds. The predicted octanol–water partition coefficient (Wildman–Crippen LogP) is 0.800. The summed E-state index contributed by atoms with van der Waals surface area (Å²) in [5.74, 6) is -0.650. The Kier molecular flexibility index (Phi) is 3.05. The first-order valence-corrected chi connectivity index (χ1v) is 5.31. The average molecular weight is 222 g/mol. The lowest BCUT2D eigenvalue weighted by atomic mass is 10.1. The van der Waals surface area contributed by atoms with Gasteiger partial charge in [-0.15, -0.1) is 0 Å². The molecule has 5 nitrogen and oxygen atoms in total. The summed E-state index contributed by atoms with van der Waals surface area (Å²) < 4.78 is 0. The molecule has 2 heterocycles. The van der Waals surface area contributed by atoms with Gasteiger partial charge in [0.2, 0.25) is 0 Å². The molecule has 2 N–H and O–H groups in total. The number of aromatic nitrogens is 1. The van der Waals surface area contributed by atoms with Gasteiger partial charge >= 0.3 is 5.97 Å². The molecule has 0 aliphatic carbocycles. The number of hydrogen-bond acceptors (Lipinski definition) is 4. The zero-order valence-electron chi connectivity index (χ0n) is 8.83. The molecule has 0 saturated carbocycles. The maximum atomic E-state index is 10.8. The Hall–Kier alpha value is -1.62. The van der Waals surface area contributed by atoms with E-state index in [4.69, 9.17) is 5.11 Å². The Balaban J connectivity index is 2.33. The van der Waals surface area contributed by atoms with E-state index in [0.717, 1.165) is 25.9 Å². The fourth-order valence-corrected chi connectivity index (χ4v) is 1.95. The summed E-state index contributed by atoms with van der Waals surface area (Å²) in [6.45, 7) is 1.74. The van der Waals surface area contributed by atoms with Crippen molar-refractivity contribution >= 4 is 11.8 Å². The van der Waals surface area contributed by atoms with Gasteiger partial charge in [0.05, 0.1) is 0 Å². The van der Waals surface area contributed by atoms with E-state index in [1.54, 1.807) is 18.3 Å². The molecule has 5 heteroatoms. The van der Waals surface area contributed by atoms with E-state index < -0.39 is 12.1 Å². The van der Waals surface area contributed by atoms with Gasteiger partial charge < -0.3 is 15.1 Å². The van der Waals surface area contributed by atoms with Gasteiger partial charge in [-0.3, -0.25) is 0 Å². The van der Waals surface area contributed by atoms with Crippen molar-refractivity contribution < 1.29 is 15.0 Å². The molecule has 1 aliphatic heterocycles. The van der Waals surface area contributed by atoms with Crippen molar-refractivity contribution in [2.75, 3.05) is 18.0 Å². The maximum Gasteiger partial charge on any atom is 0.337 e. The molecule has 0 radical (unpaired) electrons. The molecule has 0 bridgehead atoms. The predicted molar refractivity (Wildman–Crippen MR) is 58.3 cm³/mol.